The number of aromatic nitrogens is 2. The Hall–Kier alpha value is -2.76. The van der Waals surface area contributed by atoms with Gasteiger partial charge in [0.15, 0.2) is 5.58 Å². The van der Waals surface area contributed by atoms with Crippen molar-refractivity contribution in [3.63, 3.8) is 0 Å². The monoisotopic (exact) mass is 418 g/mol. The lowest BCUT2D eigenvalue weighted by atomic mass is 10.1. The van der Waals surface area contributed by atoms with E-state index in [1.807, 2.05) is 18.2 Å². The van der Waals surface area contributed by atoms with Gasteiger partial charge < -0.3 is 14.6 Å². The number of H-pyrrole nitrogens is 1. The van der Waals surface area contributed by atoms with Gasteiger partial charge in [-0.2, -0.15) is 0 Å². The van der Waals surface area contributed by atoms with Gasteiger partial charge in [-0.15, -0.1) is 0 Å². The van der Waals surface area contributed by atoms with Gasteiger partial charge in [-0.3, -0.25) is 4.98 Å². The Kier molecular flexibility index (Phi) is 4.55. The van der Waals surface area contributed by atoms with Gasteiger partial charge in [0, 0.05) is 42.6 Å². The standard InChI is InChI=1S/C25H30N4O2/c1-15-2-7-18-10-19(12-26-20-8-9-21-22(11-20)31-25(30)27-21)24(28-23(15)18)29(13-16-3-4-16)14-17-5-6-17/h8-11,15-17,26H,2-7,12-14H2,1H3,(H,27,30). The molecular weight excluding hydrogens is 388 g/mol. The van der Waals surface area contributed by atoms with E-state index in [1.54, 1.807) is 0 Å². The molecule has 0 spiro atoms. The fraction of sp³-hybridized carbons (Fsp3) is 0.520. The molecule has 2 heterocycles. The molecule has 3 aromatic rings. The highest BCUT2D eigenvalue weighted by Gasteiger charge is 2.32. The topological polar surface area (TPSA) is 74.2 Å². The zero-order chi connectivity index (χ0) is 20.9. The van der Waals surface area contributed by atoms with Gasteiger partial charge in [0.25, 0.3) is 0 Å². The molecule has 0 bridgehead atoms. The number of hydrogen-bond acceptors (Lipinski definition) is 5. The first-order valence-electron chi connectivity index (χ1n) is 11.8. The summed E-state index contributed by atoms with van der Waals surface area (Å²) in [5.74, 6) is 3.01. The summed E-state index contributed by atoms with van der Waals surface area (Å²) in [4.78, 5) is 22.0. The zero-order valence-electron chi connectivity index (χ0n) is 18.1. The Bertz CT molecular complexity index is 1160. The van der Waals surface area contributed by atoms with Gasteiger partial charge in [0.05, 0.1) is 5.52 Å². The Morgan fingerprint density at radius 3 is 2.65 bits per heavy atom. The van der Waals surface area contributed by atoms with Gasteiger partial charge in [0.1, 0.15) is 5.82 Å². The van der Waals surface area contributed by atoms with E-state index in [-0.39, 0.29) is 0 Å². The van der Waals surface area contributed by atoms with Crippen LogP contribution in [0.25, 0.3) is 11.1 Å². The number of nitrogens with zero attached hydrogens (tertiary/aromatic N) is 2. The predicted molar refractivity (Wildman–Crippen MR) is 123 cm³/mol. The van der Waals surface area contributed by atoms with E-state index in [4.69, 9.17) is 9.40 Å². The van der Waals surface area contributed by atoms with Crippen LogP contribution in [-0.2, 0) is 13.0 Å². The quantitative estimate of drug-likeness (QED) is 0.549. The second kappa shape index (κ2) is 7.43. The first-order chi connectivity index (χ1) is 15.1. The molecule has 6 rings (SSSR count). The Labute approximate surface area is 182 Å². The van der Waals surface area contributed by atoms with Crippen LogP contribution < -0.4 is 16.0 Å². The number of oxazole rings is 1. The summed E-state index contributed by atoms with van der Waals surface area (Å²) < 4.78 is 5.22. The maximum absolute atomic E-state index is 11.5. The summed E-state index contributed by atoms with van der Waals surface area (Å²) in [7, 11) is 0. The van der Waals surface area contributed by atoms with Crippen LogP contribution in [0.5, 0.6) is 0 Å². The summed E-state index contributed by atoms with van der Waals surface area (Å²) in [5, 5.41) is 3.56. The number of nitrogens with one attached hydrogen (secondary N) is 2. The second-order valence-electron chi connectivity index (χ2n) is 9.83. The molecule has 0 saturated heterocycles. The normalized spacial score (nSPS) is 20.2. The summed E-state index contributed by atoms with van der Waals surface area (Å²) in [5.41, 5.74) is 6.27. The van der Waals surface area contributed by atoms with E-state index in [1.165, 1.54) is 54.7 Å². The molecule has 1 unspecified atom stereocenters. The zero-order valence-corrected chi connectivity index (χ0v) is 18.1. The van der Waals surface area contributed by atoms with E-state index < -0.39 is 5.76 Å². The van der Waals surface area contributed by atoms with Crippen LogP contribution in [0.1, 0.15) is 61.8 Å². The first-order valence-corrected chi connectivity index (χ1v) is 11.8. The minimum Gasteiger partial charge on any atom is -0.408 e. The minimum absolute atomic E-state index is 0.415. The number of fused-ring (bicyclic) bond motifs is 2. The smallest absolute Gasteiger partial charge is 0.408 e. The highest BCUT2D eigenvalue weighted by molar-refractivity contribution is 5.76. The lowest BCUT2D eigenvalue weighted by molar-refractivity contribution is 0.555. The van der Waals surface area contributed by atoms with E-state index in [0.29, 0.717) is 11.5 Å². The number of rotatable bonds is 8. The number of anilines is 2. The fourth-order valence-electron chi connectivity index (χ4n) is 4.87. The molecule has 2 N–H and O–H groups in total. The van der Waals surface area contributed by atoms with Crippen molar-refractivity contribution < 1.29 is 4.42 Å². The van der Waals surface area contributed by atoms with Crippen molar-refractivity contribution in [3.8, 4) is 0 Å². The second-order valence-corrected chi connectivity index (χ2v) is 9.83. The van der Waals surface area contributed by atoms with Crippen molar-refractivity contribution in [2.45, 2.75) is 57.9 Å². The molecule has 0 radical (unpaired) electrons. The molecule has 3 aliphatic carbocycles. The molecule has 6 heteroatoms. The molecule has 162 valence electrons. The lowest BCUT2D eigenvalue weighted by Gasteiger charge is -2.27. The molecule has 3 aliphatic rings. The largest absolute Gasteiger partial charge is 0.417 e. The summed E-state index contributed by atoms with van der Waals surface area (Å²) in [6.45, 7) is 5.32. The van der Waals surface area contributed by atoms with Crippen molar-refractivity contribution in [3.05, 3.63) is 51.6 Å². The van der Waals surface area contributed by atoms with Crippen LogP contribution >= 0.6 is 0 Å². The molecule has 1 aromatic carbocycles. The molecule has 0 amide bonds. The van der Waals surface area contributed by atoms with Crippen molar-refractivity contribution in [2.75, 3.05) is 23.3 Å². The molecule has 0 aliphatic heterocycles. The third kappa shape index (κ3) is 3.95. The highest BCUT2D eigenvalue weighted by atomic mass is 16.4. The Morgan fingerprint density at radius 2 is 1.90 bits per heavy atom. The van der Waals surface area contributed by atoms with Crippen molar-refractivity contribution >= 4 is 22.6 Å². The molecule has 2 fully saturated rings. The number of pyridine rings is 1. The van der Waals surface area contributed by atoms with Crippen LogP contribution in [0.15, 0.2) is 33.5 Å². The molecule has 6 nitrogen and oxygen atoms in total. The number of benzene rings is 1. The predicted octanol–water partition coefficient (Wildman–Crippen LogP) is 4.80. The van der Waals surface area contributed by atoms with Crippen LogP contribution in [-0.4, -0.2) is 23.1 Å². The number of aryl methyl sites for hydroxylation is 1. The lowest BCUT2D eigenvalue weighted by Crippen LogP contribution is -2.30. The minimum atomic E-state index is -0.415. The van der Waals surface area contributed by atoms with Crippen LogP contribution in [0.4, 0.5) is 11.5 Å². The van der Waals surface area contributed by atoms with Crippen LogP contribution in [0.3, 0.4) is 0 Å². The third-order valence-electron chi connectivity index (χ3n) is 7.06. The Morgan fingerprint density at radius 1 is 1.13 bits per heavy atom. The number of aromatic amines is 1. The van der Waals surface area contributed by atoms with E-state index in [0.717, 1.165) is 49.1 Å². The molecule has 2 aromatic heterocycles. The molecule has 1 atom stereocenters. The highest BCUT2D eigenvalue weighted by Crippen LogP contribution is 2.39. The maximum atomic E-state index is 11.5. The molecule has 31 heavy (non-hydrogen) atoms. The summed E-state index contributed by atoms with van der Waals surface area (Å²) >= 11 is 0. The van der Waals surface area contributed by atoms with Gasteiger partial charge in [-0.05, 0) is 80.0 Å². The van der Waals surface area contributed by atoms with Gasteiger partial charge >= 0.3 is 5.76 Å². The summed E-state index contributed by atoms with van der Waals surface area (Å²) in [6.07, 6.45) is 7.77. The molecular formula is C25H30N4O2. The summed E-state index contributed by atoms with van der Waals surface area (Å²) in [6, 6.07) is 8.17. The van der Waals surface area contributed by atoms with Gasteiger partial charge in [-0.25, -0.2) is 9.78 Å². The van der Waals surface area contributed by atoms with Crippen LogP contribution in [0, 0.1) is 11.8 Å². The van der Waals surface area contributed by atoms with Crippen LogP contribution in [0.2, 0.25) is 0 Å². The first kappa shape index (κ1) is 19.0. The molecule has 2 saturated carbocycles. The average molecular weight is 419 g/mol. The van der Waals surface area contributed by atoms with E-state index >= 15 is 0 Å². The number of hydrogen-bond donors (Lipinski definition) is 2. The van der Waals surface area contributed by atoms with Gasteiger partial charge in [0.2, 0.25) is 0 Å². The van der Waals surface area contributed by atoms with E-state index in [9.17, 15) is 4.79 Å². The third-order valence-corrected chi connectivity index (χ3v) is 7.06. The fourth-order valence-corrected chi connectivity index (χ4v) is 4.87. The maximum Gasteiger partial charge on any atom is 0.417 e. The van der Waals surface area contributed by atoms with E-state index in [2.05, 4.69) is 28.2 Å². The Balaban J connectivity index is 1.31. The van der Waals surface area contributed by atoms with Crippen molar-refractivity contribution in [1.82, 2.24) is 9.97 Å². The van der Waals surface area contributed by atoms with Gasteiger partial charge in [-0.1, -0.05) is 6.92 Å². The van der Waals surface area contributed by atoms with Crippen molar-refractivity contribution in [2.24, 2.45) is 11.8 Å². The SMILES string of the molecule is CC1CCc2cc(CNc3ccc4[nH]c(=O)oc4c3)c(N(CC3CC3)CC3CC3)nc21. The van der Waals surface area contributed by atoms with Crippen molar-refractivity contribution in [1.29, 1.82) is 0 Å². The average Bonchev–Trinajstić information content (AvgIpc) is 3.68.